The number of halogens is 1. The number of ether oxygens (including phenoxy) is 1. The summed E-state index contributed by atoms with van der Waals surface area (Å²) < 4.78 is 6.95. The van der Waals surface area contributed by atoms with Gasteiger partial charge in [-0.3, -0.25) is 4.48 Å². The van der Waals surface area contributed by atoms with Gasteiger partial charge in [-0.15, -0.1) is 0 Å². The monoisotopic (exact) mass is 440 g/mol. The number of nitrogens with zero attached hydrogens (tertiary/aromatic N) is 3. The molecule has 0 aliphatic carbocycles. The molecule has 0 aromatic carbocycles. The Bertz CT molecular complexity index is 699. The fourth-order valence-corrected chi connectivity index (χ4v) is 3.76. The van der Waals surface area contributed by atoms with Gasteiger partial charge in [-0.25, -0.2) is 9.78 Å². The van der Waals surface area contributed by atoms with Crippen LogP contribution in [0.5, 0.6) is 0 Å². The van der Waals surface area contributed by atoms with Crippen LogP contribution in [0, 0.1) is 5.41 Å². The Morgan fingerprint density at radius 1 is 1.33 bits per heavy atom. The van der Waals surface area contributed by atoms with E-state index in [1.54, 1.807) is 11.1 Å². The van der Waals surface area contributed by atoms with Crippen molar-refractivity contribution in [2.24, 2.45) is 5.41 Å². The molecule has 0 spiro atoms. The zero-order valence-corrected chi connectivity index (χ0v) is 18.8. The molecule has 0 N–H and O–H groups in total. The second-order valence-corrected chi connectivity index (χ2v) is 10.2. The van der Waals surface area contributed by atoms with Gasteiger partial charge in [-0.05, 0) is 62.0 Å². The highest BCUT2D eigenvalue weighted by atomic mass is 79.9. The van der Waals surface area contributed by atoms with Crippen LogP contribution in [-0.4, -0.2) is 62.1 Å². The zero-order valence-electron chi connectivity index (χ0n) is 17.2. The van der Waals surface area contributed by atoms with E-state index < -0.39 is 11.0 Å². The van der Waals surface area contributed by atoms with Gasteiger partial charge in [0.1, 0.15) is 11.9 Å². The number of likely N-dealkylation sites (tertiary alicyclic amines) is 1. The van der Waals surface area contributed by atoms with Gasteiger partial charge in [0.25, 0.3) is 0 Å². The molecule has 0 radical (unpaired) electrons. The maximum Gasteiger partial charge on any atom is 0.410 e. The van der Waals surface area contributed by atoms with Crippen molar-refractivity contribution in [3.8, 4) is 0 Å². The minimum atomic E-state index is -0.516. The number of piperidine rings is 1. The Morgan fingerprint density at radius 3 is 2.41 bits per heavy atom. The number of hydrogen-bond acceptors (Lipinski definition) is 4. The molecule has 1 saturated heterocycles. The molecule has 1 aliphatic rings. The minimum absolute atomic E-state index is 0.307. The van der Waals surface area contributed by atoms with Crippen LogP contribution in [0.4, 0.5) is 10.6 Å². The lowest BCUT2D eigenvalue weighted by molar-refractivity contribution is -0.118. The van der Waals surface area contributed by atoms with Crippen LogP contribution in [0.1, 0.15) is 39.2 Å². The number of rotatable bonds is 4. The van der Waals surface area contributed by atoms with Gasteiger partial charge in [-0.1, -0.05) is 0 Å². The summed E-state index contributed by atoms with van der Waals surface area (Å²) in [6, 6.07) is 2.05. The van der Waals surface area contributed by atoms with Gasteiger partial charge in [0.2, 0.25) is 5.82 Å². The maximum atomic E-state index is 12.3. The van der Waals surface area contributed by atoms with Gasteiger partial charge in [0.15, 0.2) is 0 Å². The Labute approximate surface area is 170 Å². The SMILES string of the molecule is CC(C)(C)OC(=O)N1CCC(C=O)(Cc2cc(Br)cnc2[N+](C)(C)C)CC1. The number of pyridine rings is 1. The molecule has 1 aliphatic heterocycles. The Hall–Kier alpha value is -1.47. The third kappa shape index (κ3) is 5.75. The Kier molecular flexibility index (Phi) is 6.37. The molecular weight excluding hydrogens is 410 g/mol. The predicted octanol–water partition coefficient (Wildman–Crippen LogP) is 3.80. The summed E-state index contributed by atoms with van der Waals surface area (Å²) in [5, 5.41) is 0. The van der Waals surface area contributed by atoms with Crippen LogP contribution < -0.4 is 4.48 Å². The van der Waals surface area contributed by atoms with Crippen LogP contribution in [-0.2, 0) is 16.0 Å². The first-order valence-electron chi connectivity index (χ1n) is 9.26. The number of aromatic nitrogens is 1. The predicted molar refractivity (Wildman–Crippen MR) is 111 cm³/mol. The number of carbonyl (C=O) groups excluding carboxylic acids is 2. The third-order valence-electron chi connectivity index (χ3n) is 4.75. The molecular formula is C20H31BrN3O3+. The molecule has 0 bridgehead atoms. The molecule has 0 saturated carbocycles. The quantitative estimate of drug-likeness (QED) is 0.527. The van der Waals surface area contributed by atoms with E-state index in [4.69, 9.17) is 4.74 Å². The summed E-state index contributed by atoms with van der Waals surface area (Å²) in [6.45, 7) is 6.62. The molecule has 2 rings (SSSR count). The number of aldehydes is 1. The van der Waals surface area contributed by atoms with E-state index in [0.29, 0.717) is 36.8 Å². The van der Waals surface area contributed by atoms with Gasteiger partial charge < -0.3 is 14.4 Å². The largest absolute Gasteiger partial charge is 0.444 e. The van der Waals surface area contributed by atoms with Crippen molar-refractivity contribution in [2.75, 3.05) is 34.2 Å². The molecule has 6 nitrogen and oxygen atoms in total. The van der Waals surface area contributed by atoms with E-state index in [1.165, 1.54) is 0 Å². The molecule has 1 amide bonds. The molecule has 7 heteroatoms. The maximum absolute atomic E-state index is 12.3. The number of amides is 1. The highest BCUT2D eigenvalue weighted by Gasteiger charge is 2.39. The van der Waals surface area contributed by atoms with E-state index in [2.05, 4.69) is 48.1 Å². The Balaban J connectivity index is 2.16. The highest BCUT2D eigenvalue weighted by Crippen LogP contribution is 2.37. The van der Waals surface area contributed by atoms with E-state index in [0.717, 1.165) is 22.1 Å². The van der Waals surface area contributed by atoms with Gasteiger partial charge in [0.05, 0.1) is 21.1 Å². The topological polar surface area (TPSA) is 59.5 Å². The lowest BCUT2D eigenvalue weighted by atomic mass is 9.75. The first-order valence-corrected chi connectivity index (χ1v) is 10.1. The van der Waals surface area contributed by atoms with Crippen molar-refractivity contribution < 1.29 is 14.3 Å². The standard InChI is InChI=1S/C20H31BrN3O3/c1-19(2,3)27-18(26)23-9-7-20(14-25,8-10-23)12-15-11-16(21)13-22-17(15)24(4,5)6/h11,13-14H,7-10,12H2,1-6H3/q+1. The van der Waals surface area contributed by atoms with Gasteiger partial charge in [0, 0.05) is 34.7 Å². The van der Waals surface area contributed by atoms with E-state index in [-0.39, 0.29) is 6.09 Å². The van der Waals surface area contributed by atoms with Crippen molar-refractivity contribution >= 4 is 34.1 Å². The fourth-order valence-electron chi connectivity index (χ4n) is 3.38. The smallest absolute Gasteiger partial charge is 0.410 e. The zero-order chi connectivity index (χ0) is 20.5. The van der Waals surface area contributed by atoms with Crippen LogP contribution in [0.3, 0.4) is 0 Å². The average molecular weight is 441 g/mol. The first-order chi connectivity index (χ1) is 12.4. The van der Waals surface area contributed by atoms with Gasteiger partial charge >= 0.3 is 6.09 Å². The second-order valence-electron chi connectivity index (χ2n) is 9.27. The van der Waals surface area contributed by atoms with E-state index in [9.17, 15) is 9.59 Å². The van der Waals surface area contributed by atoms with Crippen LogP contribution in [0.25, 0.3) is 0 Å². The molecule has 150 valence electrons. The second kappa shape index (κ2) is 7.87. The summed E-state index contributed by atoms with van der Waals surface area (Å²) >= 11 is 3.50. The Morgan fingerprint density at radius 2 is 1.93 bits per heavy atom. The molecule has 0 unspecified atom stereocenters. The van der Waals surface area contributed by atoms with Crippen molar-refractivity contribution in [3.05, 3.63) is 22.3 Å². The van der Waals surface area contributed by atoms with E-state index >= 15 is 0 Å². The van der Waals surface area contributed by atoms with Crippen molar-refractivity contribution in [3.63, 3.8) is 0 Å². The lowest BCUT2D eigenvalue weighted by Crippen LogP contribution is -2.46. The summed E-state index contributed by atoms with van der Waals surface area (Å²) in [7, 11) is 6.20. The van der Waals surface area contributed by atoms with Crippen LogP contribution in [0.15, 0.2) is 16.7 Å². The fraction of sp³-hybridized carbons (Fsp3) is 0.650. The van der Waals surface area contributed by atoms with Crippen LogP contribution >= 0.6 is 15.9 Å². The minimum Gasteiger partial charge on any atom is -0.444 e. The average Bonchev–Trinajstić information content (AvgIpc) is 2.52. The van der Waals surface area contributed by atoms with Crippen molar-refractivity contribution in [1.29, 1.82) is 0 Å². The molecule has 1 fully saturated rings. The van der Waals surface area contributed by atoms with Crippen molar-refractivity contribution in [1.82, 2.24) is 14.4 Å². The lowest BCUT2D eigenvalue weighted by Gasteiger charge is -2.39. The summed E-state index contributed by atoms with van der Waals surface area (Å²) in [5.74, 6) is 0.953. The summed E-state index contributed by atoms with van der Waals surface area (Å²) in [4.78, 5) is 30.7. The van der Waals surface area contributed by atoms with Gasteiger partial charge in [-0.2, -0.15) is 0 Å². The van der Waals surface area contributed by atoms with Crippen molar-refractivity contribution in [2.45, 2.75) is 45.6 Å². The van der Waals surface area contributed by atoms with Crippen LogP contribution in [0.2, 0.25) is 0 Å². The summed E-state index contributed by atoms with van der Waals surface area (Å²) in [6.07, 6.45) is 4.42. The molecule has 0 atom stereocenters. The molecule has 27 heavy (non-hydrogen) atoms. The molecule has 1 aromatic rings. The summed E-state index contributed by atoms with van der Waals surface area (Å²) in [5.41, 5.74) is 0.0672. The molecule has 2 heterocycles. The first kappa shape index (κ1) is 21.8. The highest BCUT2D eigenvalue weighted by molar-refractivity contribution is 9.10. The number of quaternary nitrogens is 1. The molecule has 1 aromatic heterocycles. The van der Waals surface area contributed by atoms with E-state index in [1.807, 2.05) is 20.8 Å². The third-order valence-corrected chi connectivity index (χ3v) is 5.18. The normalized spacial score (nSPS) is 17.5. The number of carbonyl (C=O) groups is 2. The number of hydrogen-bond donors (Lipinski definition) is 0.